The third kappa shape index (κ3) is 7.00. The van der Waals surface area contributed by atoms with E-state index in [1.165, 1.54) is 0 Å². The fraction of sp³-hybridized carbons (Fsp3) is 0.571. The Kier molecular flexibility index (Phi) is 7.76. The second kappa shape index (κ2) is 9.07. The summed E-state index contributed by atoms with van der Waals surface area (Å²) in [5.41, 5.74) is 5.42. The number of unbranched alkanes of at least 4 members (excludes halogenated alkanes) is 3. The van der Waals surface area contributed by atoms with Crippen LogP contribution in [-0.4, -0.2) is 20.4 Å². The lowest BCUT2D eigenvalue weighted by molar-refractivity contribution is 0.0847. The van der Waals surface area contributed by atoms with Gasteiger partial charge in [0.1, 0.15) is 0 Å². The highest BCUT2D eigenvalue weighted by Gasteiger charge is 2.21. The molecule has 0 aromatic heterocycles. The summed E-state index contributed by atoms with van der Waals surface area (Å²) in [7, 11) is -3.67. The molecule has 1 rings (SSSR count). The topological polar surface area (TPSA) is 95.4 Å². The summed E-state index contributed by atoms with van der Waals surface area (Å²) in [4.78, 5) is 0. The fourth-order valence-electron chi connectivity index (χ4n) is 1.91. The normalized spacial score (nSPS) is 13.3. The minimum Gasteiger partial charge on any atom is -0.356 e. The molecule has 1 unspecified atom stereocenters. The first kappa shape index (κ1) is 17.1. The summed E-state index contributed by atoms with van der Waals surface area (Å²) < 4.78 is 28.5. The van der Waals surface area contributed by atoms with E-state index >= 15 is 0 Å². The van der Waals surface area contributed by atoms with Crippen LogP contribution in [0.15, 0.2) is 30.3 Å². The molecule has 0 radical (unpaired) electrons. The van der Waals surface area contributed by atoms with Gasteiger partial charge in [0.2, 0.25) is 10.0 Å². The van der Waals surface area contributed by atoms with E-state index in [0.29, 0.717) is 13.0 Å². The molecule has 0 aliphatic rings. The first-order chi connectivity index (χ1) is 9.54. The first-order valence-electron chi connectivity index (χ1n) is 6.91. The van der Waals surface area contributed by atoms with Crippen LogP contribution >= 0.6 is 0 Å². The van der Waals surface area contributed by atoms with Crippen molar-refractivity contribution in [3.63, 3.8) is 0 Å². The van der Waals surface area contributed by atoms with Crippen molar-refractivity contribution in [3.05, 3.63) is 35.9 Å². The Labute approximate surface area is 121 Å². The molecule has 5 nitrogen and oxygen atoms in total. The van der Waals surface area contributed by atoms with Crippen LogP contribution in [0.3, 0.4) is 0 Å². The molecular formula is C14H24N2O3S. The highest BCUT2D eigenvalue weighted by Crippen LogP contribution is 2.14. The van der Waals surface area contributed by atoms with Crippen molar-refractivity contribution >= 4 is 10.0 Å². The summed E-state index contributed by atoms with van der Waals surface area (Å²) in [6, 6.07) is 9.45. The van der Waals surface area contributed by atoms with Crippen LogP contribution in [-0.2, 0) is 21.4 Å². The van der Waals surface area contributed by atoms with Gasteiger partial charge in [-0.1, -0.05) is 43.2 Å². The second-order valence-corrected chi connectivity index (χ2v) is 6.51. The van der Waals surface area contributed by atoms with Crippen molar-refractivity contribution in [2.24, 2.45) is 10.9 Å². The van der Waals surface area contributed by atoms with E-state index in [-0.39, 0.29) is 6.61 Å². The van der Waals surface area contributed by atoms with E-state index in [1.54, 1.807) is 0 Å². The van der Waals surface area contributed by atoms with Crippen LogP contribution in [0.1, 0.15) is 37.7 Å². The van der Waals surface area contributed by atoms with Gasteiger partial charge in [0.05, 0.1) is 6.61 Å². The molecule has 0 aliphatic carbocycles. The molecule has 0 spiro atoms. The maximum atomic E-state index is 11.5. The molecule has 0 saturated heterocycles. The lowest BCUT2D eigenvalue weighted by Crippen LogP contribution is -2.31. The van der Waals surface area contributed by atoms with Crippen molar-refractivity contribution in [3.8, 4) is 0 Å². The Morgan fingerprint density at radius 2 is 1.70 bits per heavy atom. The van der Waals surface area contributed by atoms with Crippen molar-refractivity contribution in [2.45, 2.75) is 44.1 Å². The molecule has 0 aliphatic heterocycles. The highest BCUT2D eigenvalue weighted by molar-refractivity contribution is 7.89. The van der Waals surface area contributed by atoms with Gasteiger partial charge in [0.15, 0.2) is 5.44 Å². The quantitative estimate of drug-likeness (QED) is 0.643. The number of ether oxygens (including phenoxy) is 1. The van der Waals surface area contributed by atoms with Gasteiger partial charge < -0.3 is 10.5 Å². The molecule has 20 heavy (non-hydrogen) atoms. The minimum atomic E-state index is -3.67. The number of benzene rings is 1. The maximum absolute atomic E-state index is 11.5. The monoisotopic (exact) mass is 300 g/mol. The summed E-state index contributed by atoms with van der Waals surface area (Å²) in [6.07, 6.45) is 4.11. The number of hydrogen-bond donors (Lipinski definition) is 2. The molecule has 1 atom stereocenters. The van der Waals surface area contributed by atoms with Crippen molar-refractivity contribution in [1.29, 1.82) is 0 Å². The summed E-state index contributed by atoms with van der Waals surface area (Å²) in [5.74, 6) is 0. The molecule has 0 saturated carbocycles. The average molecular weight is 300 g/mol. The fourth-order valence-corrected chi connectivity index (χ4v) is 2.67. The van der Waals surface area contributed by atoms with E-state index in [9.17, 15) is 8.42 Å². The number of nitrogens with two attached hydrogens (primary N) is 2. The van der Waals surface area contributed by atoms with Crippen LogP contribution in [0, 0.1) is 0 Å². The Morgan fingerprint density at radius 1 is 1.05 bits per heavy atom. The van der Waals surface area contributed by atoms with Gasteiger partial charge in [0.25, 0.3) is 0 Å². The van der Waals surface area contributed by atoms with Gasteiger partial charge in [-0.3, -0.25) is 0 Å². The number of sulfonamides is 1. The number of rotatable bonds is 10. The number of hydrogen-bond acceptors (Lipinski definition) is 4. The van der Waals surface area contributed by atoms with Gasteiger partial charge in [-0.05, 0) is 31.4 Å². The summed E-state index contributed by atoms with van der Waals surface area (Å²) >= 11 is 0. The van der Waals surface area contributed by atoms with E-state index in [0.717, 1.165) is 31.2 Å². The Hall–Kier alpha value is -0.950. The molecule has 1 aromatic rings. The third-order valence-electron chi connectivity index (χ3n) is 3.04. The van der Waals surface area contributed by atoms with Gasteiger partial charge in [-0.2, -0.15) is 0 Å². The molecule has 114 valence electrons. The van der Waals surface area contributed by atoms with E-state index in [2.05, 4.69) is 0 Å². The predicted molar refractivity (Wildman–Crippen MR) is 80.3 cm³/mol. The minimum absolute atomic E-state index is 0.255. The van der Waals surface area contributed by atoms with E-state index < -0.39 is 15.5 Å². The predicted octanol–water partition coefficient (Wildman–Crippen LogP) is 1.73. The molecule has 0 amide bonds. The van der Waals surface area contributed by atoms with E-state index in [4.69, 9.17) is 15.6 Å². The van der Waals surface area contributed by atoms with Crippen molar-refractivity contribution < 1.29 is 13.2 Å². The van der Waals surface area contributed by atoms with Gasteiger partial charge in [0, 0.05) is 0 Å². The Morgan fingerprint density at radius 3 is 2.30 bits per heavy atom. The molecule has 0 fully saturated rings. The van der Waals surface area contributed by atoms with Gasteiger partial charge in [-0.15, -0.1) is 0 Å². The average Bonchev–Trinajstić information content (AvgIpc) is 2.41. The molecule has 4 N–H and O–H groups in total. The SMILES string of the molecule is NCCCCCCC(OCc1ccccc1)S(N)(=O)=O. The van der Waals surface area contributed by atoms with Gasteiger partial charge in [-0.25, -0.2) is 13.6 Å². The zero-order valence-corrected chi connectivity index (χ0v) is 12.5. The highest BCUT2D eigenvalue weighted by atomic mass is 32.2. The molecule has 6 heteroatoms. The summed E-state index contributed by atoms with van der Waals surface area (Å²) in [6.45, 7) is 0.924. The molecule has 1 aromatic carbocycles. The third-order valence-corrected chi connectivity index (χ3v) is 4.14. The van der Waals surface area contributed by atoms with E-state index in [1.807, 2.05) is 30.3 Å². The molecular weight excluding hydrogens is 276 g/mol. The van der Waals surface area contributed by atoms with Crippen LogP contribution in [0.2, 0.25) is 0 Å². The second-order valence-electron chi connectivity index (χ2n) is 4.81. The standard InChI is InChI=1S/C14H24N2O3S/c15-11-7-2-1-6-10-14(20(16,17)18)19-12-13-8-4-3-5-9-13/h3-5,8-9,14H,1-2,6-7,10-12,15H2,(H2,16,17,18). The molecule has 0 bridgehead atoms. The number of primary sulfonamides is 1. The lowest BCUT2D eigenvalue weighted by atomic mass is 10.1. The maximum Gasteiger partial charge on any atom is 0.236 e. The zero-order valence-electron chi connectivity index (χ0n) is 11.7. The Balaban J connectivity index is 2.41. The van der Waals surface area contributed by atoms with Crippen molar-refractivity contribution in [1.82, 2.24) is 0 Å². The summed E-state index contributed by atoms with van der Waals surface area (Å²) in [5, 5.41) is 5.21. The zero-order chi connectivity index (χ0) is 14.8. The first-order valence-corrected chi connectivity index (χ1v) is 8.52. The van der Waals surface area contributed by atoms with Crippen LogP contribution in [0.25, 0.3) is 0 Å². The Bertz CT molecular complexity index is 463. The van der Waals surface area contributed by atoms with Crippen LogP contribution in [0.4, 0.5) is 0 Å². The molecule has 0 heterocycles. The largest absolute Gasteiger partial charge is 0.356 e. The smallest absolute Gasteiger partial charge is 0.236 e. The van der Waals surface area contributed by atoms with Crippen molar-refractivity contribution in [2.75, 3.05) is 6.54 Å². The lowest BCUT2D eigenvalue weighted by Gasteiger charge is -2.15. The van der Waals surface area contributed by atoms with Crippen LogP contribution in [0.5, 0.6) is 0 Å². The van der Waals surface area contributed by atoms with Gasteiger partial charge >= 0.3 is 0 Å². The van der Waals surface area contributed by atoms with Crippen LogP contribution < -0.4 is 10.9 Å².